The van der Waals surface area contributed by atoms with E-state index < -0.39 is 0 Å². The van der Waals surface area contributed by atoms with Crippen molar-refractivity contribution >= 4 is 17.4 Å². The molecule has 29 heavy (non-hydrogen) atoms. The van der Waals surface area contributed by atoms with Gasteiger partial charge in [0.15, 0.2) is 11.5 Å². The number of hydrogen-bond acceptors (Lipinski definition) is 6. The van der Waals surface area contributed by atoms with E-state index in [-0.39, 0.29) is 11.7 Å². The van der Waals surface area contributed by atoms with Gasteiger partial charge in [0, 0.05) is 52.4 Å². The quantitative estimate of drug-likeness (QED) is 0.782. The summed E-state index contributed by atoms with van der Waals surface area (Å²) in [6.45, 7) is 9.39. The van der Waals surface area contributed by atoms with Crippen molar-refractivity contribution in [3.63, 3.8) is 0 Å². The van der Waals surface area contributed by atoms with Gasteiger partial charge in [0.1, 0.15) is 5.82 Å². The molecular formula is C21H27FN6O. The van der Waals surface area contributed by atoms with Crippen LogP contribution in [0.3, 0.4) is 0 Å². The fourth-order valence-corrected chi connectivity index (χ4v) is 3.92. The normalized spacial score (nSPS) is 18.2. The molecule has 0 N–H and O–H groups in total. The van der Waals surface area contributed by atoms with Crippen LogP contribution in [-0.4, -0.2) is 84.8 Å². The Hall–Kier alpha value is -2.74. The van der Waals surface area contributed by atoms with Crippen LogP contribution in [0.1, 0.15) is 17.4 Å². The molecule has 1 aromatic carbocycles. The van der Waals surface area contributed by atoms with E-state index in [1.165, 1.54) is 6.07 Å². The maximum atomic E-state index is 14.0. The van der Waals surface area contributed by atoms with Crippen molar-refractivity contribution in [2.24, 2.45) is 0 Å². The second-order valence-corrected chi connectivity index (χ2v) is 7.43. The van der Waals surface area contributed by atoms with Crippen LogP contribution in [0, 0.1) is 5.82 Å². The van der Waals surface area contributed by atoms with Gasteiger partial charge in [-0.05, 0) is 30.8 Å². The summed E-state index contributed by atoms with van der Waals surface area (Å²) < 4.78 is 14.0. The number of benzene rings is 1. The lowest BCUT2D eigenvalue weighted by Gasteiger charge is -2.36. The van der Waals surface area contributed by atoms with Gasteiger partial charge in [0.05, 0.1) is 5.69 Å². The van der Waals surface area contributed by atoms with Crippen molar-refractivity contribution in [3.05, 3.63) is 47.9 Å². The number of halogens is 1. The highest BCUT2D eigenvalue weighted by molar-refractivity contribution is 5.92. The molecule has 2 fully saturated rings. The molecule has 2 aliphatic heterocycles. The Morgan fingerprint density at radius 1 is 0.897 bits per heavy atom. The summed E-state index contributed by atoms with van der Waals surface area (Å²) in [6, 6.07) is 10.4. The highest BCUT2D eigenvalue weighted by Gasteiger charge is 2.25. The molecule has 0 atom stereocenters. The number of likely N-dealkylation sites (N-methyl/N-ethyl adjacent to an activating group) is 1. The second kappa shape index (κ2) is 8.73. The van der Waals surface area contributed by atoms with Gasteiger partial charge in [0.2, 0.25) is 0 Å². The molecular weight excluding hydrogens is 371 g/mol. The number of rotatable bonds is 4. The summed E-state index contributed by atoms with van der Waals surface area (Å²) in [5.41, 5.74) is 0.951. The Kier molecular flexibility index (Phi) is 5.89. The maximum absolute atomic E-state index is 14.0. The van der Waals surface area contributed by atoms with E-state index in [0.717, 1.165) is 38.5 Å². The number of carbonyl (C=O) groups is 1. The minimum absolute atomic E-state index is 0.118. The van der Waals surface area contributed by atoms with Gasteiger partial charge in [-0.2, -0.15) is 0 Å². The maximum Gasteiger partial charge on any atom is 0.274 e. The van der Waals surface area contributed by atoms with Gasteiger partial charge in [-0.1, -0.05) is 19.1 Å². The van der Waals surface area contributed by atoms with E-state index in [9.17, 15) is 9.18 Å². The molecule has 0 saturated carbocycles. The lowest BCUT2D eigenvalue weighted by atomic mass is 10.2. The van der Waals surface area contributed by atoms with Crippen molar-refractivity contribution in [2.45, 2.75) is 6.92 Å². The average Bonchev–Trinajstić information content (AvgIpc) is 2.79. The first-order chi connectivity index (χ1) is 14.2. The fraction of sp³-hybridized carbons (Fsp3) is 0.476. The number of amides is 1. The zero-order chi connectivity index (χ0) is 20.2. The Morgan fingerprint density at radius 2 is 1.59 bits per heavy atom. The third kappa shape index (κ3) is 4.32. The third-order valence-corrected chi connectivity index (χ3v) is 5.77. The van der Waals surface area contributed by atoms with Gasteiger partial charge in [-0.3, -0.25) is 4.79 Å². The summed E-state index contributed by atoms with van der Waals surface area (Å²) in [6.07, 6.45) is 0. The minimum atomic E-state index is -0.228. The van der Waals surface area contributed by atoms with Gasteiger partial charge in [-0.25, -0.2) is 4.39 Å². The van der Waals surface area contributed by atoms with E-state index in [4.69, 9.17) is 0 Å². The van der Waals surface area contributed by atoms with Crippen molar-refractivity contribution in [3.8, 4) is 0 Å². The van der Waals surface area contributed by atoms with Crippen LogP contribution in [0.25, 0.3) is 0 Å². The molecule has 7 nitrogen and oxygen atoms in total. The molecule has 2 aliphatic rings. The monoisotopic (exact) mass is 398 g/mol. The zero-order valence-corrected chi connectivity index (χ0v) is 16.8. The fourth-order valence-electron chi connectivity index (χ4n) is 3.92. The van der Waals surface area contributed by atoms with Crippen molar-refractivity contribution in [1.82, 2.24) is 20.0 Å². The van der Waals surface area contributed by atoms with Crippen molar-refractivity contribution in [1.29, 1.82) is 0 Å². The molecule has 2 saturated heterocycles. The SMILES string of the molecule is CCN1CCN(c2ccc(C(=O)N3CCN(c4ccccc4F)CC3)nn2)CC1. The predicted octanol–water partition coefficient (Wildman–Crippen LogP) is 1.72. The van der Waals surface area contributed by atoms with Crippen molar-refractivity contribution < 1.29 is 9.18 Å². The van der Waals surface area contributed by atoms with Gasteiger partial charge in [-0.15, -0.1) is 10.2 Å². The first-order valence-corrected chi connectivity index (χ1v) is 10.3. The standard InChI is InChI=1S/C21H27FN6O/c1-2-25-9-11-27(12-10-25)20-8-7-18(23-24-20)21(29)28-15-13-26(14-16-28)19-6-4-3-5-17(19)22/h3-8H,2,9-16H2,1H3. The lowest BCUT2D eigenvalue weighted by Crippen LogP contribution is -2.49. The van der Waals surface area contributed by atoms with Crippen LogP contribution < -0.4 is 9.80 Å². The molecule has 1 aromatic heterocycles. The topological polar surface area (TPSA) is 55.8 Å². The zero-order valence-electron chi connectivity index (χ0n) is 16.8. The van der Waals surface area contributed by atoms with Crippen LogP contribution in [0.4, 0.5) is 15.9 Å². The second-order valence-electron chi connectivity index (χ2n) is 7.43. The summed E-state index contributed by atoms with van der Waals surface area (Å²) in [7, 11) is 0. The molecule has 4 rings (SSSR count). The summed E-state index contributed by atoms with van der Waals surface area (Å²) in [4.78, 5) is 21.1. The first-order valence-electron chi connectivity index (χ1n) is 10.3. The number of anilines is 2. The van der Waals surface area contributed by atoms with Crippen LogP contribution in [0.2, 0.25) is 0 Å². The molecule has 0 bridgehead atoms. The average molecular weight is 398 g/mol. The summed E-state index contributed by atoms with van der Waals surface area (Å²) in [5.74, 6) is 0.475. The molecule has 8 heteroatoms. The molecule has 0 radical (unpaired) electrons. The highest BCUT2D eigenvalue weighted by atomic mass is 19.1. The number of para-hydroxylation sites is 1. The van der Waals surface area contributed by atoms with Crippen LogP contribution >= 0.6 is 0 Å². The number of nitrogens with zero attached hydrogens (tertiary/aromatic N) is 6. The molecule has 3 heterocycles. The molecule has 0 unspecified atom stereocenters. The number of aromatic nitrogens is 2. The smallest absolute Gasteiger partial charge is 0.274 e. The van der Waals surface area contributed by atoms with Crippen LogP contribution in [0.5, 0.6) is 0 Å². The Morgan fingerprint density at radius 3 is 2.21 bits per heavy atom. The number of piperazine rings is 2. The van der Waals surface area contributed by atoms with Crippen molar-refractivity contribution in [2.75, 3.05) is 68.7 Å². The van der Waals surface area contributed by atoms with Gasteiger partial charge in [0.25, 0.3) is 5.91 Å². The molecule has 2 aromatic rings. The Bertz CT molecular complexity index is 829. The summed E-state index contributed by atoms with van der Waals surface area (Å²) >= 11 is 0. The number of carbonyl (C=O) groups excluding carboxylic acids is 1. The number of hydrogen-bond donors (Lipinski definition) is 0. The molecule has 0 spiro atoms. The van der Waals surface area contributed by atoms with Crippen LogP contribution in [-0.2, 0) is 0 Å². The van der Waals surface area contributed by atoms with Crippen LogP contribution in [0.15, 0.2) is 36.4 Å². The molecule has 1 amide bonds. The minimum Gasteiger partial charge on any atom is -0.366 e. The largest absolute Gasteiger partial charge is 0.366 e. The van der Waals surface area contributed by atoms with Gasteiger partial charge < -0.3 is 19.6 Å². The highest BCUT2D eigenvalue weighted by Crippen LogP contribution is 2.21. The van der Waals surface area contributed by atoms with E-state index in [0.29, 0.717) is 37.6 Å². The van der Waals surface area contributed by atoms with E-state index in [2.05, 4.69) is 26.9 Å². The lowest BCUT2D eigenvalue weighted by molar-refractivity contribution is 0.0739. The van der Waals surface area contributed by atoms with E-state index >= 15 is 0 Å². The Balaban J connectivity index is 1.34. The Labute approximate surface area is 170 Å². The molecule has 154 valence electrons. The summed E-state index contributed by atoms with van der Waals surface area (Å²) in [5, 5.41) is 8.48. The predicted molar refractivity (Wildman–Crippen MR) is 111 cm³/mol. The third-order valence-electron chi connectivity index (χ3n) is 5.77. The van der Waals surface area contributed by atoms with E-state index in [1.54, 1.807) is 23.1 Å². The molecule has 0 aliphatic carbocycles. The van der Waals surface area contributed by atoms with Gasteiger partial charge >= 0.3 is 0 Å². The van der Waals surface area contributed by atoms with E-state index in [1.807, 2.05) is 17.0 Å². The first kappa shape index (κ1) is 19.6.